The highest BCUT2D eigenvalue weighted by Gasteiger charge is 2.38. The molecule has 0 heteroatoms. The van der Waals surface area contributed by atoms with E-state index in [1.807, 2.05) is 27.7 Å². The lowest BCUT2D eigenvalue weighted by molar-refractivity contribution is 1.15. The molecule has 60 heavy (non-hydrogen) atoms. The Balaban J connectivity index is 0.000000138. The van der Waals surface area contributed by atoms with Crippen LogP contribution < -0.4 is 0 Å². The Bertz CT molecular complexity index is 2780. The molecule has 0 bridgehead atoms. The smallest absolute Gasteiger partial charge is 0.000695 e. The molecule has 14 rings (SSSR count). The first-order valence-electron chi connectivity index (χ1n) is 21.7. The van der Waals surface area contributed by atoms with Crippen LogP contribution in [0.4, 0.5) is 0 Å². The molecule has 296 valence electrons. The fourth-order valence-corrected chi connectivity index (χ4v) is 11.4. The molecule has 0 nitrogen and oxygen atoms in total. The average Bonchev–Trinajstić information content (AvgIpc) is 4.14. The van der Waals surface area contributed by atoms with Gasteiger partial charge in [0.2, 0.25) is 0 Å². The first-order chi connectivity index (χ1) is 28.8. The van der Waals surface area contributed by atoms with Crippen molar-refractivity contribution in [1.82, 2.24) is 0 Å². The highest BCUT2D eigenvalue weighted by atomic mass is 14.4. The van der Waals surface area contributed by atoms with Crippen molar-refractivity contribution in [1.29, 1.82) is 0 Å². The molecule has 0 saturated carbocycles. The zero-order chi connectivity index (χ0) is 39.1. The Labute approximate surface area is 358 Å². The van der Waals surface area contributed by atoms with Crippen LogP contribution in [-0.2, 0) is 38.5 Å². The van der Waals surface area contributed by atoms with Gasteiger partial charge in [-0.3, -0.25) is 0 Å². The normalized spacial score (nSPS) is 13.0. The summed E-state index contributed by atoms with van der Waals surface area (Å²) in [5.74, 6) is 0. The van der Waals surface area contributed by atoms with Crippen LogP contribution in [0.25, 0.3) is 66.8 Å². The Morgan fingerprint density at radius 3 is 0.633 bits per heavy atom. The molecule has 0 unspecified atom stereocenters. The van der Waals surface area contributed by atoms with Crippen LogP contribution in [0.1, 0.15) is 109 Å². The van der Waals surface area contributed by atoms with Crippen molar-refractivity contribution in [2.75, 3.05) is 0 Å². The van der Waals surface area contributed by atoms with Crippen LogP contribution in [0.3, 0.4) is 0 Å². The van der Waals surface area contributed by atoms with Gasteiger partial charge >= 0.3 is 0 Å². The summed E-state index contributed by atoms with van der Waals surface area (Å²) in [6, 6.07) is 54.2. The minimum Gasteiger partial charge on any atom is -0.0776 e. The van der Waals surface area contributed by atoms with E-state index in [1.165, 1.54) is 89.0 Å². The summed E-state index contributed by atoms with van der Waals surface area (Å²) >= 11 is 0. The molecule has 0 spiro atoms. The van der Waals surface area contributed by atoms with Gasteiger partial charge in [0.15, 0.2) is 0 Å². The summed E-state index contributed by atoms with van der Waals surface area (Å²) < 4.78 is 0. The Kier molecular flexibility index (Phi) is 10.1. The van der Waals surface area contributed by atoms with Crippen LogP contribution in [-0.4, -0.2) is 0 Å². The lowest BCUT2D eigenvalue weighted by atomic mass is 9.86. The van der Waals surface area contributed by atoms with Gasteiger partial charge in [0.05, 0.1) is 0 Å². The number of rotatable bonds is 0. The molecular weight excluding hydrogens is 721 g/mol. The van der Waals surface area contributed by atoms with Crippen molar-refractivity contribution in [2.24, 2.45) is 0 Å². The molecular formula is C60H56. The number of benzene rings is 8. The maximum absolute atomic E-state index is 2.33. The molecule has 8 aromatic carbocycles. The van der Waals surface area contributed by atoms with E-state index in [0.29, 0.717) is 0 Å². The van der Waals surface area contributed by atoms with Crippen molar-refractivity contribution in [3.63, 3.8) is 0 Å². The predicted octanol–water partition coefficient (Wildman–Crippen LogP) is 16.1. The second kappa shape index (κ2) is 15.4. The standard InChI is InChI=1S/2C27H18.2C2H6.2CH4/c2*1-4-10-19-16(7-1)13-22-23-14-17-8-2-5-11-20(17)26(23)27-21-12-6-3-9-18(21)15-24(27)25(19)22;2*1-2;;/h2*1-12H,13-15H2;2*1-2H3;2*1H4. The van der Waals surface area contributed by atoms with Gasteiger partial charge in [-0.25, -0.2) is 0 Å². The third kappa shape index (κ3) is 5.50. The van der Waals surface area contributed by atoms with Gasteiger partial charge in [-0.1, -0.05) is 188 Å². The lowest BCUT2D eigenvalue weighted by Gasteiger charge is -2.17. The fraction of sp³-hybridized carbons (Fsp3) is 0.200. The molecule has 0 atom stereocenters. The van der Waals surface area contributed by atoms with E-state index in [4.69, 9.17) is 0 Å². The second-order valence-corrected chi connectivity index (χ2v) is 16.1. The average molecular weight is 777 g/mol. The molecule has 0 fully saturated rings. The zero-order valence-electron chi connectivity index (χ0n) is 34.1. The Morgan fingerprint density at radius 1 is 0.217 bits per heavy atom. The summed E-state index contributed by atoms with van der Waals surface area (Å²) in [5.41, 5.74) is 36.3. The first kappa shape index (κ1) is 39.2. The van der Waals surface area contributed by atoms with Crippen molar-refractivity contribution in [2.45, 2.75) is 81.1 Å². The fourth-order valence-electron chi connectivity index (χ4n) is 11.4. The van der Waals surface area contributed by atoms with E-state index in [-0.39, 0.29) is 14.9 Å². The topological polar surface area (TPSA) is 0 Å². The second-order valence-electron chi connectivity index (χ2n) is 16.1. The summed E-state index contributed by atoms with van der Waals surface area (Å²) in [5, 5.41) is 0. The number of fused-ring (bicyclic) bond motifs is 24. The molecule has 0 saturated heterocycles. The first-order valence-corrected chi connectivity index (χ1v) is 21.7. The van der Waals surface area contributed by atoms with Gasteiger partial charge in [0, 0.05) is 0 Å². The van der Waals surface area contributed by atoms with E-state index in [1.54, 1.807) is 44.5 Å². The Morgan fingerprint density at radius 2 is 0.383 bits per heavy atom. The molecule has 0 N–H and O–H groups in total. The minimum atomic E-state index is 0. The van der Waals surface area contributed by atoms with Gasteiger partial charge in [-0.05, 0) is 172 Å². The van der Waals surface area contributed by atoms with Crippen molar-refractivity contribution in [3.05, 3.63) is 212 Å². The Hall–Kier alpha value is -6.24. The van der Waals surface area contributed by atoms with Gasteiger partial charge < -0.3 is 0 Å². The van der Waals surface area contributed by atoms with E-state index in [0.717, 1.165) is 38.5 Å². The van der Waals surface area contributed by atoms with Crippen molar-refractivity contribution >= 4 is 0 Å². The summed E-state index contributed by atoms with van der Waals surface area (Å²) in [6.45, 7) is 8.00. The van der Waals surface area contributed by atoms with Crippen molar-refractivity contribution in [3.8, 4) is 66.8 Å². The van der Waals surface area contributed by atoms with Crippen LogP contribution in [0, 0.1) is 0 Å². The largest absolute Gasteiger partial charge is 0.0776 e. The van der Waals surface area contributed by atoms with E-state index >= 15 is 0 Å². The monoisotopic (exact) mass is 776 g/mol. The molecule has 6 aliphatic rings. The minimum absolute atomic E-state index is 0. The summed E-state index contributed by atoms with van der Waals surface area (Å²) in [6.07, 6.45) is 6.47. The third-order valence-corrected chi connectivity index (χ3v) is 13.6. The quantitative estimate of drug-likeness (QED) is 0.144. The number of hydrogen-bond donors (Lipinski definition) is 0. The summed E-state index contributed by atoms with van der Waals surface area (Å²) in [4.78, 5) is 0. The van der Waals surface area contributed by atoms with Crippen LogP contribution in [0.15, 0.2) is 146 Å². The molecule has 8 aromatic rings. The van der Waals surface area contributed by atoms with Crippen LogP contribution in [0.2, 0.25) is 0 Å². The highest BCUT2D eigenvalue weighted by molar-refractivity contribution is 6.03. The van der Waals surface area contributed by atoms with Crippen LogP contribution in [0.5, 0.6) is 0 Å². The van der Waals surface area contributed by atoms with Gasteiger partial charge in [-0.2, -0.15) is 0 Å². The molecule has 0 aromatic heterocycles. The highest BCUT2D eigenvalue weighted by Crippen LogP contribution is 2.58. The third-order valence-electron chi connectivity index (χ3n) is 13.6. The molecule has 0 radical (unpaired) electrons. The zero-order valence-corrected chi connectivity index (χ0v) is 34.1. The van der Waals surface area contributed by atoms with E-state index < -0.39 is 0 Å². The van der Waals surface area contributed by atoms with Gasteiger partial charge in [0.25, 0.3) is 0 Å². The molecule has 0 heterocycles. The van der Waals surface area contributed by atoms with Crippen molar-refractivity contribution < 1.29 is 0 Å². The molecule has 0 aliphatic heterocycles. The van der Waals surface area contributed by atoms with E-state index in [2.05, 4.69) is 146 Å². The molecule has 6 aliphatic carbocycles. The number of hydrogen-bond acceptors (Lipinski definition) is 0. The maximum Gasteiger partial charge on any atom is -0.000695 e. The maximum atomic E-state index is 2.33. The predicted molar refractivity (Wildman–Crippen MR) is 258 cm³/mol. The van der Waals surface area contributed by atoms with Crippen LogP contribution >= 0.6 is 0 Å². The lowest BCUT2D eigenvalue weighted by Crippen LogP contribution is -1.97. The van der Waals surface area contributed by atoms with E-state index in [9.17, 15) is 0 Å². The SMILES string of the molecule is C.C.CC.CC.c1ccc2c(c1)Cc1c3c(c4c(c1-2)Cc1ccccc1-4)-c1ccccc1C3.c1ccc2c(c1)Cc1c3c(c4c(c1-2)Cc1ccccc1-4)-c1ccccc1C3. The summed E-state index contributed by atoms with van der Waals surface area (Å²) in [7, 11) is 0. The molecule has 0 amide bonds. The van der Waals surface area contributed by atoms with Gasteiger partial charge in [-0.15, -0.1) is 0 Å². The van der Waals surface area contributed by atoms with Gasteiger partial charge in [0.1, 0.15) is 0 Å².